The fourth-order valence-electron chi connectivity index (χ4n) is 2.50. The minimum atomic E-state index is 0.415. The molecule has 0 bridgehead atoms. The molecule has 1 aliphatic carbocycles. The highest BCUT2D eigenvalue weighted by Gasteiger charge is 2.44. The quantitative estimate of drug-likeness (QED) is 0.548. The van der Waals surface area contributed by atoms with Crippen LogP contribution in [0.15, 0.2) is 0 Å². The van der Waals surface area contributed by atoms with Crippen molar-refractivity contribution in [2.45, 2.75) is 46.5 Å². The topological polar surface area (TPSA) is 27.1 Å². The third-order valence-electron chi connectivity index (χ3n) is 4.55. The molecule has 2 rings (SSSR count). The van der Waals surface area contributed by atoms with Gasteiger partial charge < -0.3 is 4.90 Å². The minimum absolute atomic E-state index is 0.415. The number of hydrogen-bond acceptors (Lipinski definition) is 1. The van der Waals surface area contributed by atoms with E-state index in [1.807, 2.05) is 0 Å². The largest absolute Gasteiger partial charge is 0.360 e. The molecule has 0 aromatic carbocycles. The van der Waals surface area contributed by atoms with E-state index in [9.17, 15) is 0 Å². The molecule has 1 atom stereocenters. The Bertz CT molecular complexity index is 243. The second kappa shape index (κ2) is 3.80. The van der Waals surface area contributed by atoms with Gasteiger partial charge in [-0.15, -0.1) is 0 Å². The highest BCUT2D eigenvalue weighted by molar-refractivity contribution is 5.81. The van der Waals surface area contributed by atoms with Crippen molar-refractivity contribution in [3.05, 3.63) is 0 Å². The molecular weight excluding hydrogens is 184 g/mol. The molecule has 1 N–H and O–H groups in total. The second-order valence-corrected chi connectivity index (χ2v) is 5.90. The van der Waals surface area contributed by atoms with Crippen molar-refractivity contribution in [2.75, 3.05) is 13.1 Å². The van der Waals surface area contributed by atoms with E-state index in [1.165, 1.54) is 25.7 Å². The van der Waals surface area contributed by atoms with Crippen molar-refractivity contribution < 1.29 is 0 Å². The summed E-state index contributed by atoms with van der Waals surface area (Å²) in [7, 11) is 0. The van der Waals surface area contributed by atoms with Crippen LogP contribution in [0.2, 0.25) is 0 Å². The monoisotopic (exact) mass is 208 g/mol. The van der Waals surface area contributed by atoms with Crippen molar-refractivity contribution in [1.82, 2.24) is 4.90 Å². The van der Waals surface area contributed by atoms with Crippen molar-refractivity contribution in [2.24, 2.45) is 17.3 Å². The van der Waals surface area contributed by atoms with E-state index in [1.54, 1.807) is 0 Å². The summed E-state index contributed by atoms with van der Waals surface area (Å²) < 4.78 is 0. The van der Waals surface area contributed by atoms with Gasteiger partial charge in [-0.1, -0.05) is 20.8 Å². The van der Waals surface area contributed by atoms with Gasteiger partial charge in [0, 0.05) is 19.0 Å². The summed E-state index contributed by atoms with van der Waals surface area (Å²) in [5, 5.41) is 8.20. The highest BCUT2D eigenvalue weighted by Crippen LogP contribution is 2.53. The molecule has 1 unspecified atom stereocenters. The van der Waals surface area contributed by atoms with Gasteiger partial charge in [0.25, 0.3) is 0 Å². The van der Waals surface area contributed by atoms with Crippen LogP contribution in [0.3, 0.4) is 0 Å². The van der Waals surface area contributed by atoms with Crippen molar-refractivity contribution >= 4 is 5.84 Å². The van der Waals surface area contributed by atoms with Gasteiger partial charge in [0.05, 0.1) is 5.84 Å². The van der Waals surface area contributed by atoms with E-state index < -0.39 is 0 Å². The summed E-state index contributed by atoms with van der Waals surface area (Å²) in [5.74, 6) is 1.88. The van der Waals surface area contributed by atoms with E-state index in [0.717, 1.165) is 24.3 Å². The molecule has 1 spiro atoms. The molecule has 1 heterocycles. The molecule has 2 aliphatic rings. The van der Waals surface area contributed by atoms with E-state index in [0.29, 0.717) is 11.8 Å². The maximum Gasteiger partial charge on any atom is 0.0989 e. The van der Waals surface area contributed by atoms with E-state index in [4.69, 9.17) is 5.41 Å². The molecule has 0 aromatic heterocycles. The lowest BCUT2D eigenvalue weighted by atomic mass is 9.91. The maximum absolute atomic E-state index is 8.20. The Kier molecular flexibility index (Phi) is 2.78. The molecule has 86 valence electrons. The van der Waals surface area contributed by atoms with E-state index in [2.05, 4.69) is 25.7 Å². The number of nitrogens with zero attached hydrogens (tertiary/aromatic N) is 1. The number of piperidine rings is 1. The zero-order chi connectivity index (χ0) is 11.1. The summed E-state index contributed by atoms with van der Waals surface area (Å²) in [5.41, 5.74) is 0.734. The molecule has 1 saturated carbocycles. The van der Waals surface area contributed by atoms with Crippen LogP contribution in [0.25, 0.3) is 0 Å². The van der Waals surface area contributed by atoms with Crippen LogP contribution < -0.4 is 0 Å². The molecule has 0 amide bonds. The predicted molar refractivity (Wildman–Crippen MR) is 64.2 cm³/mol. The first-order valence-corrected chi connectivity index (χ1v) is 6.37. The van der Waals surface area contributed by atoms with Gasteiger partial charge in [-0.05, 0) is 37.0 Å². The van der Waals surface area contributed by atoms with Gasteiger partial charge in [0.2, 0.25) is 0 Å². The Morgan fingerprint density at radius 2 is 1.60 bits per heavy atom. The maximum atomic E-state index is 8.20. The standard InChI is InChI=1S/C13H24N2/c1-10(2)11(3)12(14)15-8-6-13(4-5-13)7-9-15/h10-11,14H,4-9H2,1-3H3. The van der Waals surface area contributed by atoms with Crippen LogP contribution in [0, 0.1) is 22.7 Å². The summed E-state index contributed by atoms with van der Waals surface area (Å²) in [6.45, 7) is 8.89. The summed E-state index contributed by atoms with van der Waals surface area (Å²) >= 11 is 0. The summed E-state index contributed by atoms with van der Waals surface area (Å²) in [6.07, 6.45) is 5.57. The first-order valence-electron chi connectivity index (χ1n) is 6.37. The van der Waals surface area contributed by atoms with E-state index in [-0.39, 0.29) is 0 Å². The average molecular weight is 208 g/mol. The zero-order valence-corrected chi connectivity index (χ0v) is 10.3. The first kappa shape index (κ1) is 11.0. The van der Waals surface area contributed by atoms with Gasteiger partial charge in [-0.3, -0.25) is 5.41 Å². The van der Waals surface area contributed by atoms with Crippen LogP contribution in [0.4, 0.5) is 0 Å². The van der Waals surface area contributed by atoms with Gasteiger partial charge >= 0.3 is 0 Å². The Hall–Kier alpha value is -0.530. The molecule has 2 fully saturated rings. The zero-order valence-electron chi connectivity index (χ0n) is 10.3. The highest BCUT2D eigenvalue weighted by atomic mass is 15.2. The molecule has 2 nitrogen and oxygen atoms in total. The number of rotatable bonds is 2. The molecule has 15 heavy (non-hydrogen) atoms. The lowest BCUT2D eigenvalue weighted by Crippen LogP contribution is -2.42. The minimum Gasteiger partial charge on any atom is -0.360 e. The molecule has 0 radical (unpaired) electrons. The van der Waals surface area contributed by atoms with Gasteiger partial charge in [0.15, 0.2) is 0 Å². The molecule has 1 aliphatic heterocycles. The van der Waals surface area contributed by atoms with Gasteiger partial charge in [-0.25, -0.2) is 0 Å². The molecular formula is C13H24N2. The average Bonchev–Trinajstić information content (AvgIpc) is 2.97. The van der Waals surface area contributed by atoms with Crippen molar-refractivity contribution in [3.8, 4) is 0 Å². The summed E-state index contributed by atoms with van der Waals surface area (Å²) in [6, 6.07) is 0. The van der Waals surface area contributed by atoms with Gasteiger partial charge in [0.1, 0.15) is 0 Å². The summed E-state index contributed by atoms with van der Waals surface area (Å²) in [4.78, 5) is 2.31. The van der Waals surface area contributed by atoms with Crippen LogP contribution in [0.1, 0.15) is 46.5 Å². The SMILES string of the molecule is CC(C)C(C)C(=N)N1CCC2(CC1)CC2. The Balaban J connectivity index is 1.86. The fraction of sp³-hybridized carbons (Fsp3) is 0.923. The third kappa shape index (κ3) is 2.19. The van der Waals surface area contributed by atoms with Crippen molar-refractivity contribution in [1.29, 1.82) is 5.41 Å². The van der Waals surface area contributed by atoms with Crippen LogP contribution in [0.5, 0.6) is 0 Å². The van der Waals surface area contributed by atoms with Crippen LogP contribution in [-0.2, 0) is 0 Å². The predicted octanol–water partition coefficient (Wildman–Crippen LogP) is 3.13. The number of likely N-dealkylation sites (tertiary alicyclic amines) is 1. The lowest BCUT2D eigenvalue weighted by molar-refractivity contribution is 0.237. The van der Waals surface area contributed by atoms with Crippen molar-refractivity contribution in [3.63, 3.8) is 0 Å². The number of amidine groups is 1. The molecule has 0 aromatic rings. The lowest BCUT2D eigenvalue weighted by Gasteiger charge is -2.36. The Labute approximate surface area is 93.6 Å². The number of hydrogen-bond donors (Lipinski definition) is 1. The normalized spacial score (nSPS) is 25.7. The fourth-order valence-corrected chi connectivity index (χ4v) is 2.50. The third-order valence-corrected chi connectivity index (χ3v) is 4.55. The molecule has 2 heteroatoms. The van der Waals surface area contributed by atoms with E-state index >= 15 is 0 Å². The molecule has 1 saturated heterocycles. The smallest absolute Gasteiger partial charge is 0.0989 e. The first-order chi connectivity index (χ1) is 7.04. The number of nitrogens with one attached hydrogen (secondary N) is 1. The van der Waals surface area contributed by atoms with Crippen LogP contribution >= 0.6 is 0 Å². The second-order valence-electron chi connectivity index (χ2n) is 5.90. The van der Waals surface area contributed by atoms with Gasteiger partial charge in [-0.2, -0.15) is 0 Å². The Morgan fingerprint density at radius 3 is 2.00 bits per heavy atom. The van der Waals surface area contributed by atoms with Crippen LogP contribution in [-0.4, -0.2) is 23.8 Å². The Morgan fingerprint density at radius 1 is 1.07 bits per heavy atom.